The van der Waals surface area contributed by atoms with Crippen molar-refractivity contribution in [1.82, 2.24) is 9.97 Å². The van der Waals surface area contributed by atoms with Crippen LogP contribution in [0.25, 0.3) is 11.0 Å². The number of aliphatic hydroxyl groups excluding tert-OH is 1. The van der Waals surface area contributed by atoms with Gasteiger partial charge in [-0.1, -0.05) is 23.7 Å². The van der Waals surface area contributed by atoms with E-state index in [1.54, 1.807) is 0 Å². The Hall–Kier alpha value is -1.39. The summed E-state index contributed by atoms with van der Waals surface area (Å²) < 4.78 is 0. The lowest BCUT2D eigenvalue weighted by molar-refractivity contribution is 0.145. The van der Waals surface area contributed by atoms with Gasteiger partial charge in [0.15, 0.2) is 11.0 Å². The van der Waals surface area contributed by atoms with Crippen LogP contribution >= 0.6 is 11.6 Å². The van der Waals surface area contributed by atoms with Gasteiger partial charge in [0.05, 0.1) is 17.1 Å². The Morgan fingerprint density at radius 2 is 1.72 bits per heavy atom. The van der Waals surface area contributed by atoms with E-state index >= 15 is 0 Å². The van der Waals surface area contributed by atoms with Gasteiger partial charge in [-0.2, -0.15) is 0 Å². The zero-order valence-electron chi connectivity index (χ0n) is 9.88. The molecule has 1 fully saturated rings. The molecule has 94 valence electrons. The average molecular weight is 264 g/mol. The molecule has 18 heavy (non-hydrogen) atoms. The van der Waals surface area contributed by atoms with E-state index in [-0.39, 0.29) is 6.10 Å². The Bertz CT molecular complexity index is 567. The van der Waals surface area contributed by atoms with Crippen molar-refractivity contribution in [2.75, 3.05) is 18.0 Å². The van der Waals surface area contributed by atoms with Gasteiger partial charge in [0.1, 0.15) is 0 Å². The first-order valence-electron chi connectivity index (χ1n) is 6.09. The first-order chi connectivity index (χ1) is 8.74. The molecule has 1 aromatic heterocycles. The largest absolute Gasteiger partial charge is 0.393 e. The van der Waals surface area contributed by atoms with E-state index in [1.165, 1.54) is 0 Å². The predicted octanol–water partition coefficient (Wildman–Crippen LogP) is 2.24. The molecule has 0 amide bonds. The third kappa shape index (κ3) is 2.13. The summed E-state index contributed by atoms with van der Waals surface area (Å²) in [6.07, 6.45) is 1.31. The van der Waals surface area contributed by atoms with Gasteiger partial charge < -0.3 is 10.0 Å². The monoisotopic (exact) mass is 263 g/mol. The molecule has 1 N–H and O–H groups in total. The molecule has 1 aliphatic rings. The summed E-state index contributed by atoms with van der Waals surface area (Å²) >= 11 is 6.20. The van der Waals surface area contributed by atoms with Gasteiger partial charge in [0.2, 0.25) is 0 Å². The smallest absolute Gasteiger partial charge is 0.172 e. The number of rotatable bonds is 1. The summed E-state index contributed by atoms with van der Waals surface area (Å²) in [5, 5.41) is 9.95. The van der Waals surface area contributed by atoms with Gasteiger partial charge in [-0.15, -0.1) is 0 Å². The molecule has 2 aromatic rings. The van der Waals surface area contributed by atoms with E-state index in [1.807, 2.05) is 24.3 Å². The van der Waals surface area contributed by atoms with E-state index in [4.69, 9.17) is 11.6 Å². The maximum Gasteiger partial charge on any atom is 0.172 e. The molecule has 3 rings (SSSR count). The molecule has 2 heterocycles. The number of hydrogen-bond donors (Lipinski definition) is 1. The van der Waals surface area contributed by atoms with E-state index in [2.05, 4.69) is 14.9 Å². The van der Waals surface area contributed by atoms with Crippen LogP contribution in [0, 0.1) is 0 Å². The number of piperidine rings is 1. The lowest BCUT2D eigenvalue weighted by atomic mass is 10.1. The van der Waals surface area contributed by atoms with Gasteiger partial charge in [-0.3, -0.25) is 0 Å². The summed E-state index contributed by atoms with van der Waals surface area (Å²) in [4.78, 5) is 11.0. The van der Waals surface area contributed by atoms with Gasteiger partial charge in [0, 0.05) is 13.1 Å². The minimum Gasteiger partial charge on any atom is -0.393 e. The van der Waals surface area contributed by atoms with E-state index in [0.717, 1.165) is 42.8 Å². The first-order valence-corrected chi connectivity index (χ1v) is 6.47. The van der Waals surface area contributed by atoms with Crippen molar-refractivity contribution in [2.45, 2.75) is 18.9 Å². The highest BCUT2D eigenvalue weighted by molar-refractivity contribution is 6.32. The van der Waals surface area contributed by atoms with E-state index in [0.29, 0.717) is 5.15 Å². The number of aliphatic hydroxyl groups is 1. The van der Waals surface area contributed by atoms with Crippen molar-refractivity contribution in [3.05, 3.63) is 29.4 Å². The molecule has 4 nitrogen and oxygen atoms in total. The number of hydrogen-bond acceptors (Lipinski definition) is 4. The highest BCUT2D eigenvalue weighted by Crippen LogP contribution is 2.26. The van der Waals surface area contributed by atoms with Crippen molar-refractivity contribution in [3.8, 4) is 0 Å². The second kappa shape index (κ2) is 4.71. The van der Waals surface area contributed by atoms with Crippen LogP contribution in [0.4, 0.5) is 5.82 Å². The van der Waals surface area contributed by atoms with Crippen LogP contribution in [0.3, 0.4) is 0 Å². The summed E-state index contributed by atoms with van der Waals surface area (Å²) in [7, 11) is 0. The second-order valence-electron chi connectivity index (χ2n) is 4.54. The molecule has 0 aliphatic carbocycles. The van der Waals surface area contributed by atoms with Crippen LogP contribution in [0.1, 0.15) is 12.8 Å². The highest BCUT2D eigenvalue weighted by atomic mass is 35.5. The van der Waals surface area contributed by atoms with Gasteiger partial charge in [0.25, 0.3) is 0 Å². The van der Waals surface area contributed by atoms with E-state index in [9.17, 15) is 5.11 Å². The fourth-order valence-corrected chi connectivity index (χ4v) is 2.50. The average Bonchev–Trinajstić information content (AvgIpc) is 2.39. The molecule has 1 aromatic carbocycles. The van der Waals surface area contributed by atoms with Crippen molar-refractivity contribution in [3.63, 3.8) is 0 Å². The third-order valence-corrected chi connectivity index (χ3v) is 3.53. The summed E-state index contributed by atoms with van der Waals surface area (Å²) in [6, 6.07) is 7.69. The van der Waals surface area contributed by atoms with Gasteiger partial charge in [-0.25, -0.2) is 9.97 Å². The topological polar surface area (TPSA) is 49.2 Å². The van der Waals surface area contributed by atoms with Crippen molar-refractivity contribution >= 4 is 28.5 Å². The molecule has 0 atom stereocenters. The quantitative estimate of drug-likeness (QED) is 0.857. The van der Waals surface area contributed by atoms with Crippen LogP contribution < -0.4 is 4.90 Å². The molecule has 0 radical (unpaired) electrons. The molecule has 0 unspecified atom stereocenters. The Labute approximate surface area is 110 Å². The van der Waals surface area contributed by atoms with Crippen molar-refractivity contribution < 1.29 is 5.11 Å². The maximum absolute atomic E-state index is 9.52. The highest BCUT2D eigenvalue weighted by Gasteiger charge is 2.21. The zero-order chi connectivity index (χ0) is 12.5. The predicted molar refractivity (Wildman–Crippen MR) is 72.0 cm³/mol. The number of aromatic nitrogens is 2. The number of fused-ring (bicyclic) bond motifs is 1. The molecule has 0 bridgehead atoms. The number of halogens is 1. The van der Waals surface area contributed by atoms with Crippen LogP contribution in [0.15, 0.2) is 24.3 Å². The number of para-hydroxylation sites is 2. The van der Waals surface area contributed by atoms with E-state index < -0.39 is 0 Å². The molecule has 5 heteroatoms. The fourth-order valence-electron chi connectivity index (χ4n) is 2.25. The zero-order valence-corrected chi connectivity index (χ0v) is 10.6. The Balaban J connectivity index is 1.98. The number of anilines is 1. The Morgan fingerprint density at radius 3 is 2.39 bits per heavy atom. The van der Waals surface area contributed by atoms with Crippen LogP contribution in [-0.2, 0) is 0 Å². The normalized spacial score (nSPS) is 17.3. The molecule has 1 saturated heterocycles. The van der Waals surface area contributed by atoms with Gasteiger partial charge in [-0.05, 0) is 25.0 Å². The minimum absolute atomic E-state index is 0.201. The number of nitrogens with zero attached hydrogens (tertiary/aromatic N) is 3. The molecular weight excluding hydrogens is 250 g/mol. The van der Waals surface area contributed by atoms with Gasteiger partial charge >= 0.3 is 0 Å². The van der Waals surface area contributed by atoms with Crippen LogP contribution in [0.5, 0.6) is 0 Å². The summed E-state index contributed by atoms with van der Waals surface area (Å²) in [5.41, 5.74) is 1.66. The lowest BCUT2D eigenvalue weighted by Crippen LogP contribution is -2.36. The minimum atomic E-state index is -0.201. The molecule has 0 spiro atoms. The standard InChI is InChI=1S/C13H14ClN3O/c14-12-13(17-7-5-9(18)6-8-17)16-11-4-2-1-3-10(11)15-12/h1-4,9,18H,5-8H2. The maximum atomic E-state index is 9.52. The fraction of sp³-hybridized carbons (Fsp3) is 0.385. The SMILES string of the molecule is OC1CCN(c2nc3ccccc3nc2Cl)CC1. The summed E-state index contributed by atoms with van der Waals surface area (Å²) in [6.45, 7) is 1.54. The summed E-state index contributed by atoms with van der Waals surface area (Å²) in [5.74, 6) is 0.724. The molecule has 1 aliphatic heterocycles. The third-order valence-electron chi connectivity index (χ3n) is 3.28. The van der Waals surface area contributed by atoms with Crippen molar-refractivity contribution in [2.24, 2.45) is 0 Å². The van der Waals surface area contributed by atoms with Crippen LogP contribution in [0.2, 0.25) is 5.15 Å². The lowest BCUT2D eigenvalue weighted by Gasteiger charge is -2.30. The number of benzene rings is 1. The second-order valence-corrected chi connectivity index (χ2v) is 4.90. The molecular formula is C13H14ClN3O. The first kappa shape index (κ1) is 11.7. The Kier molecular flexibility index (Phi) is 3.06. The van der Waals surface area contributed by atoms with Crippen molar-refractivity contribution in [1.29, 1.82) is 0 Å². The Morgan fingerprint density at radius 1 is 1.11 bits per heavy atom. The molecule has 0 saturated carbocycles. The van der Waals surface area contributed by atoms with Crippen LogP contribution in [-0.4, -0.2) is 34.3 Å².